The summed E-state index contributed by atoms with van der Waals surface area (Å²) in [6, 6.07) is 9.55. The number of halogens is 1. The van der Waals surface area contributed by atoms with Crippen molar-refractivity contribution in [1.29, 1.82) is 0 Å². The molecule has 0 aliphatic carbocycles. The van der Waals surface area contributed by atoms with Gasteiger partial charge in [-0.1, -0.05) is 11.6 Å². The smallest absolute Gasteiger partial charge is 0.339 e. The fraction of sp³-hybridized carbons (Fsp3) is 0.333. The number of methoxy groups -OCH3 is 1. The van der Waals surface area contributed by atoms with Gasteiger partial charge in [-0.3, -0.25) is 4.79 Å². The molecular weight excluding hydrogens is 384 g/mol. The number of hydrogen-bond donors (Lipinski definition) is 0. The zero-order valence-electron chi connectivity index (χ0n) is 16.3. The molecule has 0 fully saturated rings. The molecule has 150 valence electrons. The Morgan fingerprint density at radius 1 is 1.00 bits per heavy atom. The summed E-state index contributed by atoms with van der Waals surface area (Å²) in [5.41, 5.74) is 0.586. The highest BCUT2D eigenvalue weighted by Gasteiger charge is 2.22. The lowest BCUT2D eigenvalue weighted by Gasteiger charge is -2.15. The van der Waals surface area contributed by atoms with Crippen LogP contribution in [0, 0.1) is 0 Å². The largest absolute Gasteiger partial charge is 0.494 e. The van der Waals surface area contributed by atoms with E-state index in [4.69, 9.17) is 30.5 Å². The number of carbonyl (C=O) groups excluding carboxylic acids is 2. The summed E-state index contributed by atoms with van der Waals surface area (Å²) >= 11 is 6.18. The van der Waals surface area contributed by atoms with Gasteiger partial charge in [-0.25, -0.2) is 4.79 Å². The molecule has 0 bridgehead atoms. The van der Waals surface area contributed by atoms with Crippen molar-refractivity contribution in [2.45, 2.75) is 26.9 Å². The predicted octanol–water partition coefficient (Wildman–Crippen LogP) is 4.57. The van der Waals surface area contributed by atoms with Crippen LogP contribution < -0.4 is 14.2 Å². The molecule has 6 nitrogen and oxygen atoms in total. The van der Waals surface area contributed by atoms with Crippen LogP contribution in [0.15, 0.2) is 36.4 Å². The minimum absolute atomic E-state index is 0.164. The number of Topliss-reactive ketones (excluding diaryl/α,β-unsaturated/α-hetero) is 1. The van der Waals surface area contributed by atoms with Crippen molar-refractivity contribution < 1.29 is 28.5 Å². The van der Waals surface area contributed by atoms with Crippen LogP contribution in [0.4, 0.5) is 0 Å². The third-order valence-electron chi connectivity index (χ3n) is 3.86. The van der Waals surface area contributed by atoms with E-state index in [0.29, 0.717) is 36.0 Å². The van der Waals surface area contributed by atoms with Gasteiger partial charge in [0.15, 0.2) is 17.6 Å². The summed E-state index contributed by atoms with van der Waals surface area (Å²) < 4.78 is 21.3. The maximum absolute atomic E-state index is 12.5. The van der Waals surface area contributed by atoms with E-state index in [9.17, 15) is 9.59 Å². The Morgan fingerprint density at radius 2 is 1.64 bits per heavy atom. The molecule has 0 saturated heterocycles. The quantitative estimate of drug-likeness (QED) is 0.448. The van der Waals surface area contributed by atoms with Crippen LogP contribution in [0.2, 0.25) is 5.02 Å². The Kier molecular flexibility index (Phi) is 7.70. The molecule has 0 unspecified atom stereocenters. The third-order valence-corrected chi connectivity index (χ3v) is 4.14. The van der Waals surface area contributed by atoms with E-state index in [0.717, 1.165) is 0 Å². The zero-order valence-corrected chi connectivity index (χ0v) is 17.0. The van der Waals surface area contributed by atoms with Gasteiger partial charge in [0.25, 0.3) is 0 Å². The van der Waals surface area contributed by atoms with E-state index < -0.39 is 12.1 Å². The second-order valence-corrected chi connectivity index (χ2v) is 6.20. The normalized spacial score (nSPS) is 11.5. The monoisotopic (exact) mass is 406 g/mol. The molecule has 1 atom stereocenters. The summed E-state index contributed by atoms with van der Waals surface area (Å²) in [5, 5.41) is 0.221. The molecule has 0 heterocycles. The van der Waals surface area contributed by atoms with E-state index in [1.807, 2.05) is 13.8 Å². The van der Waals surface area contributed by atoms with E-state index >= 15 is 0 Å². The van der Waals surface area contributed by atoms with Crippen LogP contribution in [0.3, 0.4) is 0 Å². The van der Waals surface area contributed by atoms with Gasteiger partial charge in [0.05, 0.1) is 30.9 Å². The summed E-state index contributed by atoms with van der Waals surface area (Å²) in [4.78, 5) is 25.0. The van der Waals surface area contributed by atoms with Gasteiger partial charge in [-0.2, -0.15) is 0 Å². The molecule has 0 aliphatic heterocycles. The maximum Gasteiger partial charge on any atom is 0.339 e. The van der Waals surface area contributed by atoms with Crippen molar-refractivity contribution in [2.24, 2.45) is 0 Å². The predicted molar refractivity (Wildman–Crippen MR) is 106 cm³/mol. The molecule has 2 rings (SSSR count). The Morgan fingerprint density at radius 3 is 2.21 bits per heavy atom. The van der Waals surface area contributed by atoms with Crippen LogP contribution in [-0.2, 0) is 4.74 Å². The topological polar surface area (TPSA) is 71.1 Å². The first-order chi connectivity index (χ1) is 13.4. The molecule has 2 aromatic rings. The van der Waals surface area contributed by atoms with Crippen LogP contribution in [0.1, 0.15) is 41.5 Å². The number of carbonyl (C=O) groups is 2. The number of esters is 1. The third kappa shape index (κ3) is 5.16. The van der Waals surface area contributed by atoms with Gasteiger partial charge in [0, 0.05) is 5.56 Å². The highest BCUT2D eigenvalue weighted by Crippen LogP contribution is 2.36. The average molecular weight is 407 g/mol. The second kappa shape index (κ2) is 9.99. The summed E-state index contributed by atoms with van der Waals surface area (Å²) in [6.45, 7) is 6.14. The van der Waals surface area contributed by atoms with Crippen LogP contribution >= 0.6 is 11.6 Å². The van der Waals surface area contributed by atoms with Gasteiger partial charge in [0.1, 0.15) is 5.75 Å². The molecule has 2 aromatic carbocycles. The average Bonchev–Trinajstić information content (AvgIpc) is 2.69. The summed E-state index contributed by atoms with van der Waals surface area (Å²) in [7, 11) is 1.45. The second-order valence-electron chi connectivity index (χ2n) is 5.79. The number of hydrogen-bond acceptors (Lipinski definition) is 6. The van der Waals surface area contributed by atoms with E-state index in [-0.39, 0.29) is 16.4 Å². The first-order valence-electron chi connectivity index (χ1n) is 8.89. The highest BCUT2D eigenvalue weighted by atomic mass is 35.5. The molecule has 0 aromatic heterocycles. The van der Waals surface area contributed by atoms with Crippen molar-refractivity contribution in [3.05, 3.63) is 52.5 Å². The number of ether oxygens (including phenoxy) is 4. The van der Waals surface area contributed by atoms with E-state index in [1.54, 1.807) is 24.3 Å². The van der Waals surface area contributed by atoms with Gasteiger partial charge in [-0.15, -0.1) is 0 Å². The van der Waals surface area contributed by atoms with E-state index in [2.05, 4.69) is 0 Å². The SMILES string of the molecule is CCOc1ccc(C(=O)[C@@H](C)OC(=O)c2cc(Cl)c(OCC)c(OC)c2)cc1. The summed E-state index contributed by atoms with van der Waals surface area (Å²) in [6.07, 6.45) is -0.971. The fourth-order valence-corrected chi connectivity index (χ4v) is 2.79. The summed E-state index contributed by atoms with van der Waals surface area (Å²) in [5.74, 6) is 0.323. The fourth-order valence-electron chi connectivity index (χ4n) is 2.52. The molecule has 0 radical (unpaired) electrons. The molecule has 0 spiro atoms. The number of ketones is 1. The van der Waals surface area contributed by atoms with Gasteiger partial charge < -0.3 is 18.9 Å². The molecule has 0 N–H and O–H groups in total. The first kappa shape index (κ1) is 21.6. The van der Waals surface area contributed by atoms with Gasteiger partial charge in [0.2, 0.25) is 5.78 Å². The molecule has 0 saturated carbocycles. The lowest BCUT2D eigenvalue weighted by molar-refractivity contribution is 0.0318. The standard InChI is InChI=1S/C21H23ClO6/c1-5-26-16-9-7-14(8-10-16)19(23)13(3)28-21(24)15-11-17(22)20(27-6-2)18(12-15)25-4/h7-13H,5-6H2,1-4H3/t13-/m1/s1. The molecule has 0 aliphatic rings. The first-order valence-corrected chi connectivity index (χ1v) is 9.27. The minimum Gasteiger partial charge on any atom is -0.494 e. The van der Waals surface area contributed by atoms with Crippen molar-refractivity contribution in [3.63, 3.8) is 0 Å². The Balaban J connectivity index is 2.13. The Labute approximate surface area is 169 Å². The van der Waals surface area contributed by atoms with Crippen molar-refractivity contribution in [1.82, 2.24) is 0 Å². The number of benzene rings is 2. The number of rotatable bonds is 9. The Bertz CT molecular complexity index is 832. The van der Waals surface area contributed by atoms with Gasteiger partial charge >= 0.3 is 5.97 Å². The van der Waals surface area contributed by atoms with Gasteiger partial charge in [-0.05, 0) is 57.2 Å². The molecule has 7 heteroatoms. The molecular formula is C21H23ClO6. The van der Waals surface area contributed by atoms with Crippen molar-refractivity contribution >= 4 is 23.4 Å². The lowest BCUT2D eigenvalue weighted by Crippen LogP contribution is -2.24. The molecule has 28 heavy (non-hydrogen) atoms. The van der Waals surface area contributed by atoms with Crippen LogP contribution in [0.25, 0.3) is 0 Å². The Hall–Kier alpha value is -2.73. The maximum atomic E-state index is 12.5. The minimum atomic E-state index is -0.971. The van der Waals surface area contributed by atoms with Crippen molar-refractivity contribution in [2.75, 3.05) is 20.3 Å². The van der Waals surface area contributed by atoms with Crippen LogP contribution in [0.5, 0.6) is 17.2 Å². The highest BCUT2D eigenvalue weighted by molar-refractivity contribution is 6.32. The van der Waals surface area contributed by atoms with Crippen LogP contribution in [-0.4, -0.2) is 38.2 Å². The molecule has 0 amide bonds. The lowest BCUT2D eigenvalue weighted by atomic mass is 10.1. The zero-order chi connectivity index (χ0) is 20.7. The van der Waals surface area contributed by atoms with Crippen molar-refractivity contribution in [3.8, 4) is 17.2 Å². The van der Waals surface area contributed by atoms with E-state index in [1.165, 1.54) is 26.2 Å².